The molecule has 0 bridgehead atoms. The van der Waals surface area contributed by atoms with E-state index in [1.807, 2.05) is 0 Å². The van der Waals surface area contributed by atoms with Crippen molar-refractivity contribution in [1.29, 1.82) is 0 Å². The highest BCUT2D eigenvalue weighted by molar-refractivity contribution is 5.86. The molecule has 27 heavy (non-hydrogen) atoms. The zero-order valence-electron chi connectivity index (χ0n) is 16.1. The van der Waals surface area contributed by atoms with Gasteiger partial charge in [-0.3, -0.25) is 4.79 Å². The van der Waals surface area contributed by atoms with Crippen molar-refractivity contribution in [1.82, 2.24) is 9.97 Å². The third kappa shape index (κ3) is 4.99. The SMILES string of the molecule is COCCOc1cc(OCCOC)c2c(=O)[nH]c(C3CCCCC3)nc2c1. The highest BCUT2D eigenvalue weighted by Gasteiger charge is 2.20. The van der Waals surface area contributed by atoms with Crippen LogP contribution in [0.15, 0.2) is 16.9 Å². The van der Waals surface area contributed by atoms with Crippen LogP contribution in [-0.4, -0.2) is 50.6 Å². The molecular weight excluding hydrogens is 348 g/mol. The Morgan fingerprint density at radius 1 is 1.00 bits per heavy atom. The minimum absolute atomic E-state index is 0.170. The second-order valence-corrected chi connectivity index (χ2v) is 6.78. The summed E-state index contributed by atoms with van der Waals surface area (Å²) in [4.78, 5) is 20.5. The predicted molar refractivity (Wildman–Crippen MR) is 103 cm³/mol. The van der Waals surface area contributed by atoms with Crippen LogP contribution in [-0.2, 0) is 9.47 Å². The van der Waals surface area contributed by atoms with Gasteiger partial charge in [0.15, 0.2) is 0 Å². The Labute approximate surface area is 159 Å². The van der Waals surface area contributed by atoms with Crippen LogP contribution in [0, 0.1) is 0 Å². The topological polar surface area (TPSA) is 82.7 Å². The summed E-state index contributed by atoms with van der Waals surface area (Å²) in [7, 11) is 3.23. The second kappa shape index (κ2) is 9.71. The first-order chi connectivity index (χ1) is 13.2. The van der Waals surface area contributed by atoms with E-state index in [2.05, 4.69) is 4.98 Å². The molecule has 1 heterocycles. The molecule has 148 valence electrons. The number of aromatic amines is 1. The van der Waals surface area contributed by atoms with Gasteiger partial charge in [0.2, 0.25) is 0 Å². The van der Waals surface area contributed by atoms with Gasteiger partial charge in [-0.25, -0.2) is 4.98 Å². The Kier molecular flexibility index (Phi) is 7.06. The summed E-state index contributed by atoms with van der Waals surface area (Å²) in [6, 6.07) is 3.53. The molecule has 0 radical (unpaired) electrons. The molecule has 0 atom stereocenters. The number of ether oxygens (including phenoxy) is 4. The van der Waals surface area contributed by atoms with Crippen LogP contribution in [0.3, 0.4) is 0 Å². The van der Waals surface area contributed by atoms with Crippen LogP contribution >= 0.6 is 0 Å². The van der Waals surface area contributed by atoms with Crippen LogP contribution in [0.4, 0.5) is 0 Å². The van der Waals surface area contributed by atoms with Gasteiger partial charge in [-0.2, -0.15) is 0 Å². The summed E-state index contributed by atoms with van der Waals surface area (Å²) in [5, 5.41) is 0.449. The summed E-state index contributed by atoms with van der Waals surface area (Å²) in [6.45, 7) is 1.67. The molecule has 7 nitrogen and oxygen atoms in total. The maximum atomic E-state index is 12.8. The lowest BCUT2D eigenvalue weighted by atomic mass is 9.88. The Balaban J connectivity index is 1.97. The van der Waals surface area contributed by atoms with Crippen molar-refractivity contribution >= 4 is 10.9 Å². The number of methoxy groups -OCH3 is 2. The van der Waals surface area contributed by atoms with E-state index >= 15 is 0 Å². The monoisotopic (exact) mass is 376 g/mol. The number of H-pyrrole nitrogens is 1. The van der Waals surface area contributed by atoms with E-state index in [-0.39, 0.29) is 5.56 Å². The number of nitrogens with one attached hydrogen (secondary N) is 1. The molecule has 0 spiro atoms. The van der Waals surface area contributed by atoms with E-state index in [0.29, 0.717) is 54.7 Å². The van der Waals surface area contributed by atoms with Crippen molar-refractivity contribution in [3.63, 3.8) is 0 Å². The van der Waals surface area contributed by atoms with E-state index in [1.54, 1.807) is 26.4 Å². The molecule has 3 rings (SSSR count). The average Bonchev–Trinajstić information content (AvgIpc) is 2.68. The lowest BCUT2D eigenvalue weighted by molar-refractivity contribution is 0.143. The molecule has 7 heteroatoms. The van der Waals surface area contributed by atoms with Gasteiger partial charge in [-0.1, -0.05) is 19.3 Å². The second-order valence-electron chi connectivity index (χ2n) is 6.78. The molecule has 2 aromatic rings. The van der Waals surface area contributed by atoms with E-state index < -0.39 is 0 Å². The number of nitrogens with zero attached hydrogens (tertiary/aromatic N) is 1. The molecule has 1 aromatic carbocycles. The number of rotatable bonds is 9. The quantitative estimate of drug-likeness (QED) is 0.678. The smallest absolute Gasteiger partial charge is 0.262 e. The molecule has 1 fully saturated rings. The van der Waals surface area contributed by atoms with Gasteiger partial charge in [0.25, 0.3) is 5.56 Å². The van der Waals surface area contributed by atoms with E-state index in [1.165, 1.54) is 19.3 Å². The molecule has 1 aromatic heterocycles. The number of fused-ring (bicyclic) bond motifs is 1. The minimum atomic E-state index is -0.170. The summed E-state index contributed by atoms with van der Waals surface area (Å²) >= 11 is 0. The molecule has 0 saturated heterocycles. The van der Waals surface area contributed by atoms with Gasteiger partial charge in [-0.05, 0) is 12.8 Å². The number of aromatic nitrogens is 2. The third-order valence-electron chi connectivity index (χ3n) is 4.86. The Morgan fingerprint density at radius 3 is 2.41 bits per heavy atom. The van der Waals surface area contributed by atoms with Crippen LogP contribution < -0.4 is 15.0 Å². The summed E-state index contributed by atoms with van der Waals surface area (Å²) in [5.41, 5.74) is 0.429. The summed E-state index contributed by atoms with van der Waals surface area (Å²) < 4.78 is 21.6. The van der Waals surface area contributed by atoms with Gasteiger partial charge < -0.3 is 23.9 Å². The van der Waals surface area contributed by atoms with Crippen LogP contribution in [0.1, 0.15) is 43.8 Å². The predicted octanol–water partition coefficient (Wildman–Crippen LogP) is 3.02. The lowest BCUT2D eigenvalue weighted by Crippen LogP contribution is -2.18. The van der Waals surface area contributed by atoms with E-state index in [9.17, 15) is 4.79 Å². The lowest BCUT2D eigenvalue weighted by Gasteiger charge is -2.21. The fourth-order valence-corrected chi connectivity index (χ4v) is 3.47. The molecule has 1 aliphatic carbocycles. The number of hydrogen-bond acceptors (Lipinski definition) is 6. The normalized spacial score (nSPS) is 15.2. The zero-order valence-corrected chi connectivity index (χ0v) is 16.1. The van der Waals surface area contributed by atoms with Crippen molar-refractivity contribution in [3.05, 3.63) is 28.3 Å². The van der Waals surface area contributed by atoms with Crippen LogP contribution in [0.25, 0.3) is 10.9 Å². The molecule has 0 aliphatic heterocycles. The highest BCUT2D eigenvalue weighted by atomic mass is 16.5. The highest BCUT2D eigenvalue weighted by Crippen LogP contribution is 2.33. The largest absolute Gasteiger partial charge is 0.491 e. The van der Waals surface area contributed by atoms with Gasteiger partial charge in [0.1, 0.15) is 35.9 Å². The average molecular weight is 376 g/mol. The van der Waals surface area contributed by atoms with Gasteiger partial charge >= 0.3 is 0 Å². The maximum absolute atomic E-state index is 12.8. The molecule has 1 N–H and O–H groups in total. The fourth-order valence-electron chi connectivity index (χ4n) is 3.47. The molecular formula is C20H28N2O5. The van der Waals surface area contributed by atoms with E-state index in [4.69, 9.17) is 23.9 Å². The van der Waals surface area contributed by atoms with Crippen LogP contribution in [0.5, 0.6) is 11.5 Å². The first-order valence-corrected chi connectivity index (χ1v) is 9.54. The number of benzene rings is 1. The van der Waals surface area contributed by atoms with Crippen molar-refractivity contribution in [2.75, 3.05) is 40.6 Å². The van der Waals surface area contributed by atoms with Gasteiger partial charge in [0, 0.05) is 32.3 Å². The Morgan fingerprint density at radius 2 is 1.70 bits per heavy atom. The van der Waals surface area contributed by atoms with Crippen molar-refractivity contribution in [2.45, 2.75) is 38.0 Å². The minimum Gasteiger partial charge on any atom is -0.491 e. The standard InChI is InChI=1S/C20H28N2O5/c1-24-8-10-26-15-12-16-18(17(13-15)27-11-9-25-2)20(23)22-19(21-16)14-6-4-3-5-7-14/h12-14H,3-11H2,1-2H3,(H,21,22,23). The maximum Gasteiger partial charge on any atom is 0.262 e. The molecule has 1 saturated carbocycles. The number of hydrogen-bond donors (Lipinski definition) is 1. The van der Waals surface area contributed by atoms with Crippen molar-refractivity contribution < 1.29 is 18.9 Å². The first kappa shape index (κ1) is 19.6. The first-order valence-electron chi connectivity index (χ1n) is 9.54. The zero-order chi connectivity index (χ0) is 19.1. The molecule has 0 amide bonds. The Hall–Kier alpha value is -2.12. The third-order valence-corrected chi connectivity index (χ3v) is 4.86. The molecule has 0 unspecified atom stereocenters. The van der Waals surface area contributed by atoms with Crippen molar-refractivity contribution in [2.24, 2.45) is 0 Å². The van der Waals surface area contributed by atoms with Crippen molar-refractivity contribution in [3.8, 4) is 11.5 Å². The van der Waals surface area contributed by atoms with Gasteiger partial charge in [-0.15, -0.1) is 0 Å². The Bertz CT molecular complexity index is 799. The van der Waals surface area contributed by atoms with Crippen LogP contribution in [0.2, 0.25) is 0 Å². The molecule has 1 aliphatic rings. The fraction of sp³-hybridized carbons (Fsp3) is 0.600. The van der Waals surface area contributed by atoms with Gasteiger partial charge in [0.05, 0.1) is 18.7 Å². The van der Waals surface area contributed by atoms with E-state index in [0.717, 1.165) is 18.7 Å². The summed E-state index contributed by atoms with van der Waals surface area (Å²) in [6.07, 6.45) is 5.74. The summed E-state index contributed by atoms with van der Waals surface area (Å²) in [5.74, 6) is 2.15.